The lowest BCUT2D eigenvalue weighted by Crippen LogP contribution is -2.24. The lowest BCUT2D eigenvalue weighted by molar-refractivity contribution is -0.109. The highest BCUT2D eigenvalue weighted by Gasteiger charge is 2.24. The van der Waals surface area contributed by atoms with Gasteiger partial charge >= 0.3 is 0 Å². The third-order valence-corrected chi connectivity index (χ3v) is 2.48. The summed E-state index contributed by atoms with van der Waals surface area (Å²) >= 11 is 0. The van der Waals surface area contributed by atoms with Crippen molar-refractivity contribution in [1.29, 1.82) is 0 Å². The molecule has 1 rings (SSSR count). The fourth-order valence-corrected chi connectivity index (χ4v) is 1.51. The first-order chi connectivity index (χ1) is 7.19. The van der Waals surface area contributed by atoms with Crippen molar-refractivity contribution in [2.45, 2.75) is 26.2 Å². The molecule has 0 aromatic carbocycles. The summed E-state index contributed by atoms with van der Waals surface area (Å²) < 4.78 is 0. The van der Waals surface area contributed by atoms with Crippen molar-refractivity contribution in [3.63, 3.8) is 0 Å². The fourth-order valence-electron chi connectivity index (χ4n) is 1.51. The molecule has 3 heteroatoms. The molecule has 15 heavy (non-hydrogen) atoms. The van der Waals surface area contributed by atoms with Crippen molar-refractivity contribution in [2.75, 3.05) is 14.1 Å². The number of amides is 1. The second kappa shape index (κ2) is 5.59. The van der Waals surface area contributed by atoms with E-state index >= 15 is 0 Å². The van der Waals surface area contributed by atoms with Gasteiger partial charge in [-0.15, -0.1) is 0 Å². The van der Waals surface area contributed by atoms with Gasteiger partial charge in [-0.05, 0) is 36.8 Å². The standard InChI is InChI=1S/C12H20N2O/c1-4-5-11(10-6-7-10)8-12(13-9-15)14(2)3/h5,8-10H,4,6-7H2,1-3H3,(H,13,15)/b11-5-,12-8-. The Bertz CT molecular complexity index is 275. The highest BCUT2D eigenvalue weighted by atomic mass is 16.1. The predicted octanol–water partition coefficient (Wildman–Crippen LogP) is 1.88. The molecule has 3 nitrogen and oxygen atoms in total. The third-order valence-electron chi connectivity index (χ3n) is 2.48. The number of nitrogens with zero attached hydrogens (tertiary/aromatic N) is 1. The maximum Gasteiger partial charge on any atom is 0.212 e. The molecule has 0 spiro atoms. The van der Waals surface area contributed by atoms with Crippen LogP contribution in [0.5, 0.6) is 0 Å². The van der Waals surface area contributed by atoms with E-state index in [2.05, 4.69) is 24.4 Å². The number of allylic oxidation sites excluding steroid dienone is 3. The molecular weight excluding hydrogens is 188 g/mol. The van der Waals surface area contributed by atoms with Gasteiger partial charge in [-0.25, -0.2) is 0 Å². The van der Waals surface area contributed by atoms with E-state index in [9.17, 15) is 4.79 Å². The van der Waals surface area contributed by atoms with Crippen molar-refractivity contribution < 1.29 is 4.79 Å². The van der Waals surface area contributed by atoms with Crippen molar-refractivity contribution in [3.05, 3.63) is 23.5 Å². The van der Waals surface area contributed by atoms with Gasteiger partial charge in [-0.1, -0.05) is 13.0 Å². The van der Waals surface area contributed by atoms with Gasteiger partial charge in [-0.2, -0.15) is 0 Å². The Morgan fingerprint density at radius 2 is 2.13 bits per heavy atom. The molecule has 1 amide bonds. The third kappa shape index (κ3) is 3.78. The molecule has 0 bridgehead atoms. The zero-order valence-electron chi connectivity index (χ0n) is 9.79. The molecule has 0 radical (unpaired) electrons. The Labute approximate surface area is 91.8 Å². The van der Waals surface area contributed by atoms with Crippen molar-refractivity contribution >= 4 is 6.41 Å². The van der Waals surface area contributed by atoms with E-state index < -0.39 is 0 Å². The van der Waals surface area contributed by atoms with Gasteiger partial charge in [-0.3, -0.25) is 4.79 Å². The summed E-state index contributed by atoms with van der Waals surface area (Å²) in [5.74, 6) is 1.57. The molecule has 1 N–H and O–H groups in total. The molecule has 0 aromatic heterocycles. The smallest absolute Gasteiger partial charge is 0.212 e. The summed E-state index contributed by atoms with van der Waals surface area (Å²) in [6.07, 6.45) is 8.66. The zero-order valence-corrected chi connectivity index (χ0v) is 9.79. The van der Waals surface area contributed by atoms with Crippen LogP contribution in [0.2, 0.25) is 0 Å². The summed E-state index contributed by atoms with van der Waals surface area (Å²) in [6.45, 7) is 2.14. The van der Waals surface area contributed by atoms with Gasteiger partial charge in [0, 0.05) is 14.1 Å². The van der Waals surface area contributed by atoms with Crippen LogP contribution in [0.25, 0.3) is 0 Å². The lowest BCUT2D eigenvalue weighted by Gasteiger charge is -2.16. The quantitative estimate of drug-likeness (QED) is 0.534. The summed E-state index contributed by atoms with van der Waals surface area (Å²) in [5, 5.41) is 2.72. The maximum atomic E-state index is 10.4. The molecule has 1 aliphatic rings. The van der Waals surface area contributed by atoms with E-state index in [0.29, 0.717) is 5.92 Å². The minimum atomic E-state index is 0.716. The first-order valence-corrected chi connectivity index (χ1v) is 5.48. The number of carbonyl (C=O) groups excluding carboxylic acids is 1. The van der Waals surface area contributed by atoms with Gasteiger partial charge in [0.05, 0.1) is 0 Å². The van der Waals surface area contributed by atoms with E-state index in [1.807, 2.05) is 19.0 Å². The Kier molecular flexibility index (Phi) is 4.40. The number of carbonyl (C=O) groups is 1. The highest BCUT2D eigenvalue weighted by molar-refractivity contribution is 5.50. The van der Waals surface area contributed by atoms with Crippen molar-refractivity contribution in [2.24, 2.45) is 5.92 Å². The summed E-state index contributed by atoms with van der Waals surface area (Å²) in [6, 6.07) is 0. The van der Waals surface area contributed by atoms with Crippen LogP contribution in [-0.4, -0.2) is 25.4 Å². The van der Waals surface area contributed by atoms with E-state index in [1.165, 1.54) is 18.4 Å². The average Bonchev–Trinajstić information content (AvgIpc) is 2.99. The monoisotopic (exact) mass is 208 g/mol. The van der Waals surface area contributed by atoms with E-state index in [1.54, 1.807) is 0 Å². The second-order valence-corrected chi connectivity index (χ2v) is 4.07. The molecule has 1 aliphatic carbocycles. The van der Waals surface area contributed by atoms with Crippen LogP contribution in [0, 0.1) is 5.92 Å². The molecular formula is C12H20N2O. The first-order valence-electron chi connectivity index (χ1n) is 5.48. The number of nitrogens with one attached hydrogen (secondary N) is 1. The second-order valence-electron chi connectivity index (χ2n) is 4.07. The number of hydrogen-bond donors (Lipinski definition) is 1. The zero-order chi connectivity index (χ0) is 11.3. The van der Waals surface area contributed by atoms with E-state index in [4.69, 9.17) is 0 Å². The van der Waals surface area contributed by atoms with Crippen molar-refractivity contribution in [3.8, 4) is 0 Å². The Morgan fingerprint density at radius 3 is 2.53 bits per heavy atom. The minimum absolute atomic E-state index is 0.716. The highest BCUT2D eigenvalue weighted by Crippen LogP contribution is 2.37. The van der Waals surface area contributed by atoms with Gasteiger partial charge in [0.1, 0.15) is 5.82 Å². The summed E-state index contributed by atoms with van der Waals surface area (Å²) in [4.78, 5) is 12.4. The minimum Gasteiger partial charge on any atom is -0.364 e. The molecule has 0 saturated heterocycles. The summed E-state index contributed by atoms with van der Waals surface area (Å²) in [5.41, 5.74) is 1.36. The van der Waals surface area contributed by atoms with Gasteiger partial charge in [0.2, 0.25) is 6.41 Å². The molecule has 84 valence electrons. The molecule has 0 atom stereocenters. The normalized spacial score (nSPS) is 17.5. The molecule has 0 aliphatic heterocycles. The first kappa shape index (κ1) is 11.8. The SMILES string of the molecule is CC/C=C(/C=C(/NC=O)N(C)C)C1CC1. The lowest BCUT2D eigenvalue weighted by atomic mass is 10.1. The van der Waals surface area contributed by atoms with Crippen LogP contribution in [0.4, 0.5) is 0 Å². The maximum absolute atomic E-state index is 10.4. The van der Waals surface area contributed by atoms with E-state index in [0.717, 1.165) is 18.7 Å². The van der Waals surface area contributed by atoms with Gasteiger partial charge in [0.15, 0.2) is 0 Å². The largest absolute Gasteiger partial charge is 0.364 e. The van der Waals surface area contributed by atoms with Crippen LogP contribution in [-0.2, 0) is 4.79 Å². The predicted molar refractivity (Wildman–Crippen MR) is 62.1 cm³/mol. The van der Waals surface area contributed by atoms with Gasteiger partial charge < -0.3 is 10.2 Å². The Balaban J connectivity index is 2.77. The number of rotatable bonds is 6. The van der Waals surface area contributed by atoms with Crippen LogP contribution in [0.15, 0.2) is 23.5 Å². The topological polar surface area (TPSA) is 32.3 Å². The summed E-state index contributed by atoms with van der Waals surface area (Å²) in [7, 11) is 3.86. The van der Waals surface area contributed by atoms with Crippen LogP contribution >= 0.6 is 0 Å². The molecule has 0 unspecified atom stereocenters. The molecule has 1 saturated carbocycles. The fraction of sp³-hybridized carbons (Fsp3) is 0.583. The average molecular weight is 208 g/mol. The van der Waals surface area contributed by atoms with Crippen molar-refractivity contribution in [1.82, 2.24) is 10.2 Å². The number of hydrogen-bond acceptors (Lipinski definition) is 2. The van der Waals surface area contributed by atoms with Crippen LogP contribution in [0.3, 0.4) is 0 Å². The molecule has 1 fully saturated rings. The van der Waals surface area contributed by atoms with Crippen LogP contribution in [0.1, 0.15) is 26.2 Å². The van der Waals surface area contributed by atoms with Gasteiger partial charge in [0.25, 0.3) is 0 Å². The van der Waals surface area contributed by atoms with Crippen LogP contribution < -0.4 is 5.32 Å². The molecule has 0 aromatic rings. The van der Waals surface area contributed by atoms with E-state index in [-0.39, 0.29) is 0 Å². The Morgan fingerprint density at radius 1 is 1.47 bits per heavy atom. The Hall–Kier alpha value is -1.25. The molecule has 0 heterocycles.